The molecule has 1 aliphatic heterocycles. The van der Waals surface area contributed by atoms with Gasteiger partial charge in [-0.2, -0.15) is 0 Å². The molecular formula is C22H32N2O3. The largest absolute Gasteiger partial charge is 0.481 e. The second kappa shape index (κ2) is 8.87. The van der Waals surface area contributed by atoms with Gasteiger partial charge in [0.15, 0.2) is 0 Å². The highest BCUT2D eigenvalue weighted by molar-refractivity contribution is 5.78. The third-order valence-electron chi connectivity index (χ3n) is 6.27. The average Bonchev–Trinajstić information content (AvgIpc) is 2.67. The van der Waals surface area contributed by atoms with E-state index in [0.29, 0.717) is 32.0 Å². The highest BCUT2D eigenvalue weighted by atomic mass is 16.4. The monoisotopic (exact) mass is 372 g/mol. The van der Waals surface area contributed by atoms with Crippen molar-refractivity contribution in [2.75, 3.05) is 26.2 Å². The van der Waals surface area contributed by atoms with Crippen LogP contribution in [0.25, 0.3) is 0 Å². The van der Waals surface area contributed by atoms with Crippen LogP contribution < -0.4 is 5.32 Å². The number of hydrogen-bond acceptors (Lipinski definition) is 3. The lowest BCUT2D eigenvalue weighted by atomic mass is 9.69. The summed E-state index contributed by atoms with van der Waals surface area (Å²) in [6.07, 6.45) is 6.59. The fourth-order valence-corrected chi connectivity index (χ4v) is 4.88. The Labute approximate surface area is 162 Å². The Hall–Kier alpha value is -1.88. The van der Waals surface area contributed by atoms with Gasteiger partial charge in [0.05, 0.1) is 12.5 Å². The predicted octanol–water partition coefficient (Wildman–Crippen LogP) is 3.05. The number of carboxylic acids is 1. The summed E-state index contributed by atoms with van der Waals surface area (Å²) in [6, 6.07) is 10.6. The standard InChI is InChI=1S/C22H32N2O3/c1-17-12-18(21(26)27)14-24(13-17)15-20(25)23-16-22(10-6-3-7-11-22)19-8-4-2-5-9-19/h2,4-5,8-9,17-18H,3,6-7,10-16H2,1H3,(H,23,25)(H,26,27). The third-order valence-corrected chi connectivity index (χ3v) is 6.27. The summed E-state index contributed by atoms with van der Waals surface area (Å²) in [5, 5.41) is 12.5. The molecule has 148 valence electrons. The van der Waals surface area contributed by atoms with Gasteiger partial charge in [-0.25, -0.2) is 0 Å². The summed E-state index contributed by atoms with van der Waals surface area (Å²) in [5.41, 5.74) is 1.36. The van der Waals surface area contributed by atoms with E-state index in [9.17, 15) is 14.7 Å². The molecule has 1 aromatic rings. The fraction of sp³-hybridized carbons (Fsp3) is 0.636. The molecule has 1 aromatic carbocycles. The number of nitrogens with zero attached hydrogens (tertiary/aromatic N) is 1. The molecule has 0 radical (unpaired) electrons. The zero-order valence-corrected chi connectivity index (χ0v) is 16.3. The van der Waals surface area contributed by atoms with Gasteiger partial charge in [0, 0.05) is 25.0 Å². The molecule has 2 fully saturated rings. The van der Waals surface area contributed by atoms with E-state index in [1.165, 1.54) is 24.8 Å². The molecule has 0 bridgehead atoms. The summed E-state index contributed by atoms with van der Waals surface area (Å²) in [4.78, 5) is 25.9. The van der Waals surface area contributed by atoms with E-state index < -0.39 is 5.97 Å². The van der Waals surface area contributed by atoms with Gasteiger partial charge in [0.25, 0.3) is 0 Å². The second-order valence-corrected chi connectivity index (χ2v) is 8.55. The van der Waals surface area contributed by atoms with Crippen molar-refractivity contribution >= 4 is 11.9 Å². The second-order valence-electron chi connectivity index (χ2n) is 8.55. The van der Waals surface area contributed by atoms with Crippen LogP contribution in [0.3, 0.4) is 0 Å². The molecule has 3 rings (SSSR count). The van der Waals surface area contributed by atoms with Crippen molar-refractivity contribution in [2.45, 2.75) is 50.9 Å². The quantitative estimate of drug-likeness (QED) is 0.805. The van der Waals surface area contributed by atoms with Crippen molar-refractivity contribution in [2.24, 2.45) is 11.8 Å². The van der Waals surface area contributed by atoms with Crippen molar-refractivity contribution in [3.8, 4) is 0 Å². The number of carbonyl (C=O) groups excluding carboxylic acids is 1. The SMILES string of the molecule is CC1CC(C(=O)O)CN(CC(=O)NCC2(c3ccccc3)CCCCC2)C1. The van der Waals surface area contributed by atoms with Gasteiger partial charge in [-0.3, -0.25) is 14.5 Å². The number of rotatable bonds is 6. The smallest absolute Gasteiger partial charge is 0.307 e. The van der Waals surface area contributed by atoms with Crippen LogP contribution in [0.15, 0.2) is 30.3 Å². The zero-order chi connectivity index (χ0) is 19.3. The minimum absolute atomic E-state index is 0.00844. The molecule has 2 atom stereocenters. The number of aliphatic carboxylic acids is 1. The van der Waals surface area contributed by atoms with Crippen LogP contribution in [0.4, 0.5) is 0 Å². The molecule has 2 N–H and O–H groups in total. The lowest BCUT2D eigenvalue weighted by Gasteiger charge is -2.38. The summed E-state index contributed by atoms with van der Waals surface area (Å²) in [7, 11) is 0. The molecular weight excluding hydrogens is 340 g/mol. The van der Waals surface area contributed by atoms with Gasteiger partial charge in [-0.1, -0.05) is 56.5 Å². The van der Waals surface area contributed by atoms with Crippen LogP contribution in [0.1, 0.15) is 51.0 Å². The Morgan fingerprint density at radius 2 is 1.85 bits per heavy atom. The number of benzene rings is 1. The van der Waals surface area contributed by atoms with E-state index in [2.05, 4.69) is 36.5 Å². The van der Waals surface area contributed by atoms with E-state index in [1.807, 2.05) is 11.0 Å². The first-order chi connectivity index (χ1) is 13.0. The predicted molar refractivity (Wildman–Crippen MR) is 106 cm³/mol. The van der Waals surface area contributed by atoms with Crippen LogP contribution >= 0.6 is 0 Å². The molecule has 5 nitrogen and oxygen atoms in total. The molecule has 2 aliphatic rings. The molecule has 1 amide bonds. The first-order valence-electron chi connectivity index (χ1n) is 10.3. The highest BCUT2D eigenvalue weighted by Gasteiger charge is 2.35. The minimum Gasteiger partial charge on any atom is -0.481 e. The molecule has 1 aliphatic carbocycles. The van der Waals surface area contributed by atoms with Crippen LogP contribution in [0.2, 0.25) is 0 Å². The van der Waals surface area contributed by atoms with E-state index in [1.54, 1.807) is 0 Å². The van der Waals surface area contributed by atoms with E-state index in [4.69, 9.17) is 0 Å². The first kappa shape index (κ1) is 19.9. The molecule has 27 heavy (non-hydrogen) atoms. The van der Waals surface area contributed by atoms with Gasteiger partial charge in [0.1, 0.15) is 0 Å². The van der Waals surface area contributed by atoms with Crippen molar-refractivity contribution in [3.63, 3.8) is 0 Å². The number of carboxylic acid groups (broad SMARTS) is 1. The van der Waals surface area contributed by atoms with Gasteiger partial charge in [-0.05, 0) is 30.7 Å². The van der Waals surface area contributed by atoms with Gasteiger partial charge in [-0.15, -0.1) is 0 Å². The first-order valence-corrected chi connectivity index (χ1v) is 10.3. The fourth-order valence-electron chi connectivity index (χ4n) is 4.88. The highest BCUT2D eigenvalue weighted by Crippen LogP contribution is 2.38. The maximum absolute atomic E-state index is 12.6. The Balaban J connectivity index is 1.59. The Morgan fingerprint density at radius 1 is 1.15 bits per heavy atom. The normalized spacial score (nSPS) is 25.7. The van der Waals surface area contributed by atoms with Gasteiger partial charge in [0.2, 0.25) is 5.91 Å². The summed E-state index contributed by atoms with van der Waals surface area (Å²) < 4.78 is 0. The van der Waals surface area contributed by atoms with Crippen LogP contribution in [0.5, 0.6) is 0 Å². The molecule has 1 saturated carbocycles. The Morgan fingerprint density at radius 3 is 2.52 bits per heavy atom. The topological polar surface area (TPSA) is 69.6 Å². The Bertz CT molecular complexity index is 640. The zero-order valence-electron chi connectivity index (χ0n) is 16.3. The number of piperidine rings is 1. The number of likely N-dealkylation sites (tertiary alicyclic amines) is 1. The van der Waals surface area contributed by atoms with Crippen molar-refractivity contribution in [1.29, 1.82) is 0 Å². The lowest BCUT2D eigenvalue weighted by Crippen LogP contribution is -2.49. The molecule has 0 spiro atoms. The summed E-state index contributed by atoms with van der Waals surface area (Å²) in [5.74, 6) is -0.802. The van der Waals surface area contributed by atoms with Crippen molar-refractivity contribution < 1.29 is 14.7 Å². The van der Waals surface area contributed by atoms with Crippen molar-refractivity contribution in [3.05, 3.63) is 35.9 Å². The Kier molecular flexibility index (Phi) is 6.53. The van der Waals surface area contributed by atoms with Crippen LogP contribution in [-0.4, -0.2) is 48.1 Å². The van der Waals surface area contributed by atoms with Crippen LogP contribution in [0, 0.1) is 11.8 Å². The third kappa shape index (κ3) is 5.10. The molecule has 1 heterocycles. The number of amides is 1. The van der Waals surface area contributed by atoms with Gasteiger partial charge < -0.3 is 10.4 Å². The van der Waals surface area contributed by atoms with E-state index >= 15 is 0 Å². The maximum Gasteiger partial charge on any atom is 0.307 e. The number of carbonyl (C=O) groups is 2. The molecule has 5 heteroatoms. The molecule has 0 aromatic heterocycles. The number of hydrogen-bond donors (Lipinski definition) is 2. The lowest BCUT2D eigenvalue weighted by molar-refractivity contribution is -0.145. The molecule has 1 saturated heterocycles. The number of nitrogens with one attached hydrogen (secondary N) is 1. The molecule has 2 unspecified atom stereocenters. The van der Waals surface area contributed by atoms with Gasteiger partial charge >= 0.3 is 5.97 Å². The summed E-state index contributed by atoms with van der Waals surface area (Å²) in [6.45, 7) is 4.28. The average molecular weight is 373 g/mol. The summed E-state index contributed by atoms with van der Waals surface area (Å²) >= 11 is 0. The minimum atomic E-state index is -0.753. The van der Waals surface area contributed by atoms with E-state index in [-0.39, 0.29) is 17.2 Å². The maximum atomic E-state index is 12.6. The van der Waals surface area contributed by atoms with Crippen molar-refractivity contribution in [1.82, 2.24) is 10.2 Å². The van der Waals surface area contributed by atoms with E-state index in [0.717, 1.165) is 19.4 Å². The van der Waals surface area contributed by atoms with Crippen LogP contribution in [-0.2, 0) is 15.0 Å².